The average molecular weight is 296 g/mol. The summed E-state index contributed by atoms with van der Waals surface area (Å²) in [6.45, 7) is 3.77. The molecule has 9 heteroatoms. The number of thiophene rings is 1. The molecule has 106 valence electrons. The molecule has 0 fully saturated rings. The van der Waals surface area contributed by atoms with Crippen molar-refractivity contribution in [2.75, 3.05) is 17.7 Å². The summed E-state index contributed by atoms with van der Waals surface area (Å²) in [6, 6.07) is 1.64. The quantitative estimate of drug-likeness (QED) is 0.819. The van der Waals surface area contributed by atoms with E-state index in [2.05, 4.69) is 20.3 Å². The van der Waals surface area contributed by atoms with Gasteiger partial charge in [-0.25, -0.2) is 9.42 Å². The van der Waals surface area contributed by atoms with Crippen molar-refractivity contribution in [2.45, 2.75) is 13.8 Å². The molecule has 0 radical (unpaired) electrons. The van der Waals surface area contributed by atoms with Crippen LogP contribution < -0.4 is 11.1 Å². The summed E-state index contributed by atoms with van der Waals surface area (Å²) in [6.07, 6.45) is 0. The number of carbonyl (C=O) groups is 2. The number of nitrogens with one attached hydrogen (secondary N) is 1. The number of aromatic nitrogens is 2. The minimum atomic E-state index is -0.601. The van der Waals surface area contributed by atoms with Crippen LogP contribution in [0.1, 0.15) is 32.6 Å². The van der Waals surface area contributed by atoms with Gasteiger partial charge in [-0.3, -0.25) is 4.79 Å². The highest BCUT2D eigenvalue weighted by molar-refractivity contribution is 7.16. The molecule has 2 heterocycles. The third-order valence-electron chi connectivity index (χ3n) is 2.31. The van der Waals surface area contributed by atoms with Gasteiger partial charge >= 0.3 is 5.97 Å². The van der Waals surface area contributed by atoms with Gasteiger partial charge in [-0.1, -0.05) is 0 Å². The summed E-state index contributed by atoms with van der Waals surface area (Å²) >= 11 is 1.25. The lowest BCUT2D eigenvalue weighted by Gasteiger charge is -2.04. The maximum Gasteiger partial charge on any atom is 0.341 e. The zero-order valence-electron chi connectivity index (χ0n) is 10.8. The lowest BCUT2D eigenvalue weighted by molar-refractivity contribution is 0.0528. The van der Waals surface area contributed by atoms with Crippen molar-refractivity contribution >= 4 is 34.0 Å². The molecule has 0 aliphatic heterocycles. The van der Waals surface area contributed by atoms with E-state index in [1.165, 1.54) is 11.3 Å². The maximum atomic E-state index is 11.9. The SMILES string of the molecule is CCOC(=O)c1cc(C)sc1NC(=O)c1nonc1N. The van der Waals surface area contributed by atoms with Crippen molar-refractivity contribution in [3.8, 4) is 0 Å². The van der Waals surface area contributed by atoms with Gasteiger partial charge in [0.15, 0.2) is 0 Å². The molecular formula is C11H12N4O4S. The fourth-order valence-corrected chi connectivity index (χ4v) is 2.38. The molecule has 0 saturated heterocycles. The summed E-state index contributed by atoms with van der Waals surface area (Å²) in [4.78, 5) is 24.6. The van der Waals surface area contributed by atoms with Crippen LogP contribution in [-0.2, 0) is 4.74 Å². The molecule has 0 aliphatic carbocycles. The molecule has 0 spiro atoms. The standard InChI is InChI=1S/C11H12N4O4S/c1-3-18-11(17)6-4-5(2)20-10(6)13-9(16)7-8(12)15-19-14-7/h4H,3H2,1-2H3,(H2,12,15)(H,13,16). The Kier molecular flexibility index (Phi) is 3.99. The fourth-order valence-electron chi connectivity index (χ4n) is 1.48. The Morgan fingerprint density at radius 1 is 1.50 bits per heavy atom. The maximum absolute atomic E-state index is 11.9. The van der Waals surface area contributed by atoms with Crippen LogP contribution in [0.5, 0.6) is 0 Å². The van der Waals surface area contributed by atoms with E-state index < -0.39 is 11.9 Å². The predicted molar refractivity (Wildman–Crippen MR) is 71.7 cm³/mol. The van der Waals surface area contributed by atoms with Gasteiger partial charge in [0, 0.05) is 4.88 Å². The number of esters is 1. The monoisotopic (exact) mass is 296 g/mol. The number of nitrogens with two attached hydrogens (primary N) is 1. The van der Waals surface area contributed by atoms with E-state index >= 15 is 0 Å². The van der Waals surface area contributed by atoms with Crippen LogP contribution in [0.2, 0.25) is 0 Å². The molecule has 3 N–H and O–H groups in total. The topological polar surface area (TPSA) is 120 Å². The molecule has 0 aliphatic rings. The van der Waals surface area contributed by atoms with E-state index in [0.717, 1.165) is 4.88 Å². The molecule has 0 saturated carbocycles. The lowest BCUT2D eigenvalue weighted by Crippen LogP contribution is -2.16. The molecule has 2 aromatic heterocycles. The van der Waals surface area contributed by atoms with Crippen LogP contribution in [0, 0.1) is 6.92 Å². The number of hydrogen-bond acceptors (Lipinski definition) is 8. The lowest BCUT2D eigenvalue weighted by atomic mass is 10.3. The minimum Gasteiger partial charge on any atom is -0.462 e. The summed E-state index contributed by atoms with van der Waals surface area (Å²) in [5, 5.41) is 9.63. The Labute approximate surface area is 117 Å². The van der Waals surface area contributed by atoms with Crippen LogP contribution in [0.15, 0.2) is 10.7 Å². The summed E-state index contributed by atoms with van der Waals surface area (Å²) in [5.74, 6) is -1.22. The molecule has 8 nitrogen and oxygen atoms in total. The molecule has 0 aromatic carbocycles. The molecule has 20 heavy (non-hydrogen) atoms. The number of hydrogen-bond donors (Lipinski definition) is 2. The summed E-state index contributed by atoms with van der Waals surface area (Å²) in [7, 11) is 0. The largest absolute Gasteiger partial charge is 0.462 e. The third-order valence-corrected chi connectivity index (χ3v) is 3.27. The first-order valence-electron chi connectivity index (χ1n) is 5.69. The number of amides is 1. The van der Waals surface area contributed by atoms with E-state index in [-0.39, 0.29) is 23.7 Å². The highest BCUT2D eigenvalue weighted by Gasteiger charge is 2.21. The summed E-state index contributed by atoms with van der Waals surface area (Å²) in [5.41, 5.74) is 5.59. The first kappa shape index (κ1) is 14.0. The molecule has 0 unspecified atom stereocenters. The van der Waals surface area contributed by atoms with Gasteiger partial charge in [0.2, 0.25) is 11.5 Å². The van der Waals surface area contributed by atoms with Crippen LogP contribution in [0.4, 0.5) is 10.8 Å². The second kappa shape index (κ2) is 5.70. The second-order valence-corrected chi connectivity index (χ2v) is 5.03. The van der Waals surface area contributed by atoms with E-state index in [4.69, 9.17) is 10.5 Å². The van der Waals surface area contributed by atoms with E-state index in [9.17, 15) is 9.59 Å². The first-order chi connectivity index (χ1) is 9.52. The van der Waals surface area contributed by atoms with Gasteiger partial charge in [-0.05, 0) is 30.2 Å². The number of aryl methyl sites for hydroxylation is 1. The van der Waals surface area contributed by atoms with Gasteiger partial charge in [0.1, 0.15) is 5.00 Å². The van der Waals surface area contributed by atoms with E-state index in [1.807, 2.05) is 6.92 Å². The number of rotatable bonds is 4. The zero-order valence-corrected chi connectivity index (χ0v) is 11.6. The van der Waals surface area contributed by atoms with Crippen molar-refractivity contribution < 1.29 is 19.0 Å². The highest BCUT2D eigenvalue weighted by atomic mass is 32.1. The van der Waals surface area contributed by atoms with Crippen LogP contribution in [-0.4, -0.2) is 28.8 Å². The van der Waals surface area contributed by atoms with Crippen LogP contribution in [0.25, 0.3) is 0 Å². The Bertz CT molecular complexity index is 649. The molecular weight excluding hydrogens is 284 g/mol. The minimum absolute atomic E-state index is 0.117. The molecule has 0 bridgehead atoms. The number of anilines is 2. The van der Waals surface area contributed by atoms with Gasteiger partial charge in [-0.15, -0.1) is 11.3 Å². The average Bonchev–Trinajstić information content (AvgIpc) is 2.96. The smallest absolute Gasteiger partial charge is 0.341 e. The highest BCUT2D eigenvalue weighted by Crippen LogP contribution is 2.28. The zero-order chi connectivity index (χ0) is 14.7. The number of nitrogens with zero attached hydrogens (tertiary/aromatic N) is 2. The molecule has 2 rings (SSSR count). The Balaban J connectivity index is 2.23. The van der Waals surface area contributed by atoms with Crippen molar-refractivity contribution in [2.24, 2.45) is 0 Å². The van der Waals surface area contributed by atoms with Gasteiger partial charge in [0.05, 0.1) is 12.2 Å². The van der Waals surface area contributed by atoms with Crippen LogP contribution in [0.3, 0.4) is 0 Å². The Morgan fingerprint density at radius 2 is 2.25 bits per heavy atom. The number of nitrogen functional groups attached to an aromatic ring is 1. The van der Waals surface area contributed by atoms with Crippen molar-refractivity contribution in [3.05, 3.63) is 22.2 Å². The van der Waals surface area contributed by atoms with Gasteiger partial charge in [0.25, 0.3) is 5.91 Å². The third kappa shape index (κ3) is 2.77. The molecule has 1 amide bonds. The van der Waals surface area contributed by atoms with Crippen molar-refractivity contribution in [3.63, 3.8) is 0 Å². The number of carbonyl (C=O) groups excluding carboxylic acids is 2. The number of ether oxygens (including phenoxy) is 1. The molecule has 0 atom stereocenters. The summed E-state index contributed by atoms with van der Waals surface area (Å²) < 4.78 is 9.27. The van der Waals surface area contributed by atoms with Gasteiger partial charge < -0.3 is 15.8 Å². The Hall–Kier alpha value is -2.42. The predicted octanol–water partition coefficient (Wildman–Crippen LogP) is 1.45. The normalized spacial score (nSPS) is 10.3. The van der Waals surface area contributed by atoms with E-state index in [0.29, 0.717) is 5.00 Å². The van der Waals surface area contributed by atoms with Crippen LogP contribution >= 0.6 is 11.3 Å². The van der Waals surface area contributed by atoms with Gasteiger partial charge in [-0.2, -0.15) is 0 Å². The van der Waals surface area contributed by atoms with Crippen molar-refractivity contribution in [1.82, 2.24) is 10.3 Å². The van der Waals surface area contributed by atoms with Crippen molar-refractivity contribution in [1.29, 1.82) is 0 Å². The fraction of sp³-hybridized carbons (Fsp3) is 0.273. The molecule has 2 aromatic rings. The Morgan fingerprint density at radius 3 is 2.85 bits per heavy atom. The van der Waals surface area contributed by atoms with E-state index in [1.54, 1.807) is 13.0 Å². The first-order valence-corrected chi connectivity index (χ1v) is 6.51. The second-order valence-electron chi connectivity index (χ2n) is 3.77.